The Labute approximate surface area is 184 Å². The average molecular weight is 471 g/mol. The van der Waals surface area contributed by atoms with Crippen molar-refractivity contribution in [3.05, 3.63) is 64.7 Å². The molecule has 2 N–H and O–H groups in total. The van der Waals surface area contributed by atoms with Gasteiger partial charge in [0, 0.05) is 17.6 Å². The summed E-state index contributed by atoms with van der Waals surface area (Å²) in [4.78, 5) is 12.2. The lowest BCUT2D eigenvalue weighted by atomic mass is 9.78. The van der Waals surface area contributed by atoms with Crippen LogP contribution in [0.15, 0.2) is 42.5 Å². The van der Waals surface area contributed by atoms with E-state index in [-0.39, 0.29) is 41.0 Å². The fourth-order valence-electron chi connectivity index (χ4n) is 4.41. The van der Waals surface area contributed by atoms with E-state index in [2.05, 4.69) is 10.0 Å². The highest BCUT2D eigenvalue weighted by molar-refractivity contribution is 7.88. The second-order valence-corrected chi connectivity index (χ2v) is 10.3. The number of amides is 1. The van der Waals surface area contributed by atoms with Crippen LogP contribution in [-0.4, -0.2) is 32.5 Å². The van der Waals surface area contributed by atoms with Crippen molar-refractivity contribution in [3.63, 3.8) is 0 Å². The average Bonchev–Trinajstić information content (AvgIpc) is 3.17. The monoisotopic (exact) mass is 470 g/mol. The van der Waals surface area contributed by atoms with Gasteiger partial charge in [0.25, 0.3) is 5.91 Å². The van der Waals surface area contributed by atoms with Gasteiger partial charge in [-0.3, -0.25) is 4.79 Å². The smallest absolute Gasteiger partial charge is 0.258 e. The number of carbonyl (C=O) groups is 1. The van der Waals surface area contributed by atoms with E-state index in [0.29, 0.717) is 24.8 Å². The Balaban J connectivity index is 1.28. The molecule has 2 bridgehead atoms. The van der Waals surface area contributed by atoms with Crippen LogP contribution in [0.25, 0.3) is 0 Å². The first-order valence-corrected chi connectivity index (χ1v) is 11.8. The highest BCUT2D eigenvalue weighted by Gasteiger charge is 2.57. The van der Waals surface area contributed by atoms with Gasteiger partial charge in [-0.1, -0.05) is 23.7 Å². The molecule has 5 rings (SSSR count). The number of benzene rings is 2. The van der Waals surface area contributed by atoms with Gasteiger partial charge in [-0.25, -0.2) is 21.9 Å². The lowest BCUT2D eigenvalue weighted by molar-refractivity contribution is -0.124. The van der Waals surface area contributed by atoms with Crippen LogP contribution >= 0.6 is 11.6 Å². The Kier molecular flexibility index (Phi) is 5.93. The van der Waals surface area contributed by atoms with E-state index in [0.717, 1.165) is 6.07 Å². The quantitative estimate of drug-likeness (QED) is 0.620. The summed E-state index contributed by atoms with van der Waals surface area (Å²) in [7, 11) is -3.61. The molecule has 0 spiro atoms. The van der Waals surface area contributed by atoms with Gasteiger partial charge in [0.15, 0.2) is 6.61 Å². The van der Waals surface area contributed by atoms with Gasteiger partial charge in [0.1, 0.15) is 17.4 Å². The van der Waals surface area contributed by atoms with Crippen molar-refractivity contribution in [2.75, 3.05) is 6.61 Å². The van der Waals surface area contributed by atoms with Gasteiger partial charge >= 0.3 is 0 Å². The zero-order valence-electron chi connectivity index (χ0n) is 16.4. The molecule has 0 aliphatic heterocycles. The van der Waals surface area contributed by atoms with Gasteiger partial charge in [0.2, 0.25) is 10.0 Å². The van der Waals surface area contributed by atoms with Crippen LogP contribution in [-0.2, 0) is 20.6 Å². The zero-order chi connectivity index (χ0) is 22.2. The summed E-state index contributed by atoms with van der Waals surface area (Å²) < 4.78 is 59.6. The molecular formula is C21H21ClF2N2O4S. The number of fused-ring (bicyclic) bond motifs is 1. The van der Waals surface area contributed by atoms with Crippen molar-refractivity contribution in [3.8, 4) is 5.75 Å². The summed E-state index contributed by atoms with van der Waals surface area (Å²) in [6.07, 6.45) is 1.77. The molecule has 3 saturated carbocycles. The molecule has 1 atom stereocenters. The van der Waals surface area contributed by atoms with E-state index in [1.807, 2.05) is 0 Å². The maximum Gasteiger partial charge on any atom is 0.258 e. The lowest BCUT2D eigenvalue weighted by Gasteiger charge is -2.38. The molecule has 0 heterocycles. The first kappa shape index (κ1) is 22.0. The van der Waals surface area contributed by atoms with E-state index in [4.69, 9.17) is 16.3 Å². The van der Waals surface area contributed by atoms with Gasteiger partial charge in [-0.2, -0.15) is 0 Å². The summed E-state index contributed by atoms with van der Waals surface area (Å²) in [5.41, 5.74) is -0.0680. The maximum atomic E-state index is 13.4. The zero-order valence-corrected chi connectivity index (χ0v) is 18.0. The predicted molar refractivity (Wildman–Crippen MR) is 111 cm³/mol. The molecule has 3 aliphatic carbocycles. The third kappa shape index (κ3) is 5.16. The maximum absolute atomic E-state index is 13.4. The van der Waals surface area contributed by atoms with E-state index in [1.165, 1.54) is 36.4 Å². The minimum Gasteiger partial charge on any atom is -0.484 e. The van der Waals surface area contributed by atoms with Crippen LogP contribution in [0.4, 0.5) is 8.78 Å². The molecule has 31 heavy (non-hydrogen) atoms. The second-order valence-electron chi connectivity index (χ2n) is 8.18. The number of rotatable bonds is 8. The lowest BCUT2D eigenvalue weighted by Crippen LogP contribution is -2.52. The molecule has 3 fully saturated rings. The van der Waals surface area contributed by atoms with E-state index in [1.54, 1.807) is 0 Å². The Morgan fingerprint density at radius 2 is 1.84 bits per heavy atom. The molecule has 0 aromatic heterocycles. The minimum atomic E-state index is -3.61. The summed E-state index contributed by atoms with van der Waals surface area (Å²) >= 11 is 5.61. The van der Waals surface area contributed by atoms with Crippen LogP contribution in [0, 0.1) is 17.6 Å². The van der Waals surface area contributed by atoms with E-state index in [9.17, 15) is 22.0 Å². The van der Waals surface area contributed by atoms with Crippen molar-refractivity contribution in [2.24, 2.45) is 5.92 Å². The van der Waals surface area contributed by atoms with Gasteiger partial charge in [-0.05, 0) is 55.0 Å². The third-order valence-electron chi connectivity index (χ3n) is 5.73. The molecule has 2 aromatic rings. The number of hydrogen-bond donors (Lipinski definition) is 2. The predicted octanol–water partition coefficient (Wildman–Crippen LogP) is 3.15. The summed E-state index contributed by atoms with van der Waals surface area (Å²) in [5, 5.41) is 2.84. The number of hydrogen-bond acceptors (Lipinski definition) is 4. The first-order chi connectivity index (χ1) is 14.6. The molecule has 2 aromatic carbocycles. The van der Waals surface area contributed by atoms with Crippen molar-refractivity contribution in [1.82, 2.24) is 10.0 Å². The topological polar surface area (TPSA) is 84.5 Å². The normalized spacial score (nSPS) is 24.5. The summed E-state index contributed by atoms with van der Waals surface area (Å²) in [6.45, 7) is -0.284. The number of halogens is 3. The molecule has 1 unspecified atom stereocenters. The molecule has 6 nitrogen and oxygen atoms in total. The Morgan fingerprint density at radius 1 is 1.13 bits per heavy atom. The largest absolute Gasteiger partial charge is 0.484 e. The molecule has 10 heteroatoms. The molecule has 1 amide bonds. The standard InChI is InChI=1S/C21H21ClF2N2O4S/c22-17-6-5-16(7-18(17)24)30-11-20(27)25-19-10-21(8-14(19)9-21)26-31(28,29)12-13-1-3-15(23)4-2-13/h1-7,14,19,26H,8-12H2,(H,25,27). The Bertz CT molecular complexity index is 1090. The van der Waals surface area contributed by atoms with Gasteiger partial charge in [-0.15, -0.1) is 0 Å². The second kappa shape index (κ2) is 8.37. The van der Waals surface area contributed by atoms with Crippen LogP contribution in [0.5, 0.6) is 5.75 Å². The van der Waals surface area contributed by atoms with Crippen LogP contribution in [0.2, 0.25) is 5.02 Å². The number of nitrogens with one attached hydrogen (secondary N) is 2. The van der Waals surface area contributed by atoms with Crippen LogP contribution in [0.1, 0.15) is 24.8 Å². The fraction of sp³-hybridized carbons (Fsp3) is 0.381. The highest BCUT2D eigenvalue weighted by Crippen LogP contribution is 2.52. The Morgan fingerprint density at radius 3 is 2.52 bits per heavy atom. The minimum absolute atomic E-state index is 0.0327. The van der Waals surface area contributed by atoms with Crippen molar-refractivity contribution >= 4 is 27.5 Å². The summed E-state index contributed by atoms with van der Waals surface area (Å²) in [5.74, 6) is -1.28. The van der Waals surface area contributed by atoms with Crippen LogP contribution in [0.3, 0.4) is 0 Å². The van der Waals surface area contributed by atoms with E-state index < -0.39 is 27.2 Å². The van der Waals surface area contributed by atoms with Crippen molar-refractivity contribution < 1.29 is 26.7 Å². The molecule has 0 radical (unpaired) electrons. The fourth-order valence-corrected chi connectivity index (χ4v) is 6.14. The molecule has 3 aliphatic rings. The first-order valence-electron chi connectivity index (χ1n) is 9.76. The van der Waals surface area contributed by atoms with Gasteiger partial charge in [0.05, 0.1) is 10.8 Å². The highest BCUT2D eigenvalue weighted by atomic mass is 35.5. The number of ether oxygens (including phenoxy) is 1. The summed E-state index contributed by atoms with van der Waals surface area (Å²) in [6, 6.07) is 9.10. The van der Waals surface area contributed by atoms with Crippen LogP contribution < -0.4 is 14.8 Å². The van der Waals surface area contributed by atoms with Crippen molar-refractivity contribution in [1.29, 1.82) is 0 Å². The molecule has 166 valence electrons. The number of carbonyl (C=O) groups excluding carboxylic acids is 1. The van der Waals surface area contributed by atoms with Gasteiger partial charge < -0.3 is 10.1 Å². The molecule has 0 saturated heterocycles. The number of sulfonamides is 1. The Hall–Kier alpha value is -2.23. The third-order valence-corrected chi connectivity index (χ3v) is 7.50. The van der Waals surface area contributed by atoms with Crippen molar-refractivity contribution in [2.45, 2.75) is 36.6 Å². The molecular weight excluding hydrogens is 450 g/mol. The SMILES string of the molecule is O=C(COc1ccc(Cl)c(F)c1)NC1CC2(NS(=O)(=O)Cc3ccc(F)cc3)CC1C2. The van der Waals surface area contributed by atoms with E-state index >= 15 is 0 Å².